The van der Waals surface area contributed by atoms with Gasteiger partial charge in [-0.3, -0.25) is 9.59 Å². The molecule has 1 atom stereocenters. The van der Waals surface area contributed by atoms with Crippen molar-refractivity contribution in [1.29, 1.82) is 0 Å². The van der Waals surface area contributed by atoms with E-state index < -0.39 is 0 Å². The topological polar surface area (TPSA) is 58.2 Å². The molecule has 4 nitrogen and oxygen atoms in total. The molecular weight excluding hydrogens is 320 g/mol. The summed E-state index contributed by atoms with van der Waals surface area (Å²) in [5, 5.41) is 10.0. The molecule has 1 heterocycles. The third kappa shape index (κ3) is 6.16. The third-order valence-electron chi connectivity index (χ3n) is 3.61. The van der Waals surface area contributed by atoms with E-state index in [1.165, 1.54) is 5.56 Å². The first kappa shape index (κ1) is 18.2. The maximum Gasteiger partial charge on any atom is 0.224 e. The first-order valence-electron chi connectivity index (χ1n) is 8.26. The van der Waals surface area contributed by atoms with Gasteiger partial charge in [-0.25, -0.2) is 0 Å². The maximum absolute atomic E-state index is 12.1. The Balaban J connectivity index is 1.80. The molecule has 1 aromatic heterocycles. The van der Waals surface area contributed by atoms with Crippen molar-refractivity contribution < 1.29 is 9.59 Å². The fraction of sp³-hybridized carbons (Fsp3) is 0.368. The Hall–Kier alpha value is -2.14. The van der Waals surface area contributed by atoms with E-state index in [4.69, 9.17) is 0 Å². The van der Waals surface area contributed by atoms with Gasteiger partial charge in [-0.05, 0) is 59.9 Å². The van der Waals surface area contributed by atoms with E-state index in [1.54, 1.807) is 11.3 Å². The van der Waals surface area contributed by atoms with Crippen LogP contribution in [0.5, 0.6) is 0 Å². The molecule has 0 saturated heterocycles. The van der Waals surface area contributed by atoms with Crippen LogP contribution in [0, 0.1) is 0 Å². The summed E-state index contributed by atoms with van der Waals surface area (Å²) >= 11 is 1.67. The number of carbonyl (C=O) groups is 2. The van der Waals surface area contributed by atoms with Gasteiger partial charge in [0, 0.05) is 18.2 Å². The highest BCUT2D eigenvalue weighted by Crippen LogP contribution is 2.12. The predicted molar refractivity (Wildman–Crippen MR) is 99.3 cm³/mol. The summed E-state index contributed by atoms with van der Waals surface area (Å²) in [6.07, 6.45) is 2.54. The highest BCUT2D eigenvalue weighted by Gasteiger charge is 2.09. The molecular formula is C19H24N2O2S. The minimum absolute atomic E-state index is 0.0144. The van der Waals surface area contributed by atoms with Crippen molar-refractivity contribution in [3.63, 3.8) is 0 Å². The van der Waals surface area contributed by atoms with Crippen LogP contribution in [-0.2, 0) is 22.4 Å². The Bertz CT molecular complexity index is 651. The quantitative estimate of drug-likeness (QED) is 0.766. The largest absolute Gasteiger partial charge is 0.353 e. The average Bonchev–Trinajstić information content (AvgIpc) is 3.02. The number of hydrogen-bond acceptors (Lipinski definition) is 3. The van der Waals surface area contributed by atoms with Crippen LogP contribution in [-0.4, -0.2) is 17.9 Å². The molecule has 0 radical (unpaired) electrons. The summed E-state index contributed by atoms with van der Waals surface area (Å²) in [4.78, 5) is 23.7. The standard InChI is InChI=1S/C19H24N2O2S/c1-3-4-18(22)21-17-7-5-15(6-8-17)12-19(23)20-14(2)11-16-9-10-24-13-16/h5-10,13-14H,3-4,11-12H2,1-2H3,(H,20,23)(H,21,22)/t14-/m0/s1. The summed E-state index contributed by atoms with van der Waals surface area (Å²) in [5.41, 5.74) is 2.95. The fourth-order valence-corrected chi connectivity index (χ4v) is 3.16. The Morgan fingerprint density at radius 2 is 1.83 bits per heavy atom. The maximum atomic E-state index is 12.1. The van der Waals surface area contributed by atoms with Gasteiger partial charge < -0.3 is 10.6 Å². The Morgan fingerprint density at radius 1 is 1.08 bits per heavy atom. The van der Waals surface area contributed by atoms with Gasteiger partial charge in [0.25, 0.3) is 0 Å². The van der Waals surface area contributed by atoms with Gasteiger partial charge in [0.1, 0.15) is 0 Å². The molecule has 0 aliphatic heterocycles. The molecule has 24 heavy (non-hydrogen) atoms. The van der Waals surface area contributed by atoms with Crippen molar-refractivity contribution in [2.45, 2.75) is 45.6 Å². The second kappa shape index (κ2) is 9.23. The predicted octanol–water partition coefficient (Wildman–Crippen LogP) is 3.78. The average molecular weight is 344 g/mol. The smallest absolute Gasteiger partial charge is 0.224 e. The van der Waals surface area contributed by atoms with Gasteiger partial charge in [-0.15, -0.1) is 0 Å². The zero-order chi connectivity index (χ0) is 17.4. The highest BCUT2D eigenvalue weighted by molar-refractivity contribution is 7.07. The number of rotatable bonds is 8. The van der Waals surface area contributed by atoms with Gasteiger partial charge in [0.2, 0.25) is 11.8 Å². The number of thiophene rings is 1. The molecule has 1 aromatic carbocycles. The van der Waals surface area contributed by atoms with Crippen molar-refractivity contribution in [2.24, 2.45) is 0 Å². The van der Waals surface area contributed by atoms with E-state index in [9.17, 15) is 9.59 Å². The monoisotopic (exact) mass is 344 g/mol. The van der Waals surface area contributed by atoms with Crippen molar-refractivity contribution >= 4 is 28.8 Å². The zero-order valence-electron chi connectivity index (χ0n) is 14.2. The lowest BCUT2D eigenvalue weighted by atomic mass is 10.1. The number of amides is 2. The number of nitrogens with one attached hydrogen (secondary N) is 2. The van der Waals surface area contributed by atoms with Gasteiger partial charge in [0.05, 0.1) is 6.42 Å². The molecule has 0 unspecified atom stereocenters. The lowest BCUT2D eigenvalue weighted by Crippen LogP contribution is -2.35. The van der Waals surface area contributed by atoms with Gasteiger partial charge >= 0.3 is 0 Å². The van der Waals surface area contributed by atoms with Crippen LogP contribution in [0.3, 0.4) is 0 Å². The van der Waals surface area contributed by atoms with Crippen LogP contribution < -0.4 is 10.6 Å². The minimum atomic E-state index is 0.0144. The molecule has 0 fully saturated rings. The van der Waals surface area contributed by atoms with Crippen LogP contribution in [0.4, 0.5) is 5.69 Å². The summed E-state index contributed by atoms with van der Waals surface area (Å²) in [7, 11) is 0. The highest BCUT2D eigenvalue weighted by atomic mass is 32.1. The minimum Gasteiger partial charge on any atom is -0.353 e. The van der Waals surface area contributed by atoms with Crippen LogP contribution in [0.25, 0.3) is 0 Å². The zero-order valence-corrected chi connectivity index (χ0v) is 15.0. The Kier molecular flexibility index (Phi) is 7.00. The second-order valence-electron chi connectivity index (χ2n) is 5.98. The molecule has 2 aromatic rings. The first-order chi connectivity index (χ1) is 11.6. The van der Waals surface area contributed by atoms with Crippen LogP contribution in [0.2, 0.25) is 0 Å². The molecule has 0 aliphatic carbocycles. The third-order valence-corrected chi connectivity index (χ3v) is 4.34. The summed E-state index contributed by atoms with van der Waals surface area (Å²) in [5.74, 6) is 0.0331. The molecule has 128 valence electrons. The van der Waals surface area contributed by atoms with Crippen molar-refractivity contribution in [3.8, 4) is 0 Å². The molecule has 5 heteroatoms. The normalized spacial score (nSPS) is 11.8. The molecule has 2 rings (SSSR count). The fourth-order valence-electron chi connectivity index (χ4n) is 2.48. The number of anilines is 1. The van der Waals surface area contributed by atoms with Gasteiger partial charge in [-0.2, -0.15) is 11.3 Å². The van der Waals surface area contributed by atoms with E-state index in [0.29, 0.717) is 12.8 Å². The molecule has 0 bridgehead atoms. The SMILES string of the molecule is CCCC(=O)Nc1ccc(CC(=O)N[C@@H](C)Cc2ccsc2)cc1. The molecule has 2 amide bonds. The lowest BCUT2D eigenvalue weighted by molar-refractivity contribution is -0.121. The first-order valence-corrected chi connectivity index (χ1v) is 9.20. The molecule has 0 spiro atoms. The van der Waals surface area contributed by atoms with Crippen LogP contribution >= 0.6 is 11.3 Å². The van der Waals surface area contributed by atoms with Crippen LogP contribution in [0.1, 0.15) is 37.8 Å². The van der Waals surface area contributed by atoms with E-state index in [1.807, 2.05) is 43.5 Å². The Morgan fingerprint density at radius 3 is 2.46 bits per heavy atom. The van der Waals surface area contributed by atoms with E-state index in [0.717, 1.165) is 24.1 Å². The number of hydrogen-bond donors (Lipinski definition) is 2. The van der Waals surface area contributed by atoms with Crippen molar-refractivity contribution in [3.05, 3.63) is 52.2 Å². The summed E-state index contributed by atoms with van der Waals surface area (Å²) in [6.45, 7) is 3.99. The molecule has 0 saturated carbocycles. The molecule has 0 aliphatic rings. The van der Waals surface area contributed by atoms with E-state index >= 15 is 0 Å². The van der Waals surface area contributed by atoms with Crippen LogP contribution in [0.15, 0.2) is 41.1 Å². The van der Waals surface area contributed by atoms with E-state index in [-0.39, 0.29) is 17.9 Å². The van der Waals surface area contributed by atoms with Gasteiger partial charge in [0.15, 0.2) is 0 Å². The number of carbonyl (C=O) groups excluding carboxylic acids is 2. The van der Waals surface area contributed by atoms with Gasteiger partial charge in [-0.1, -0.05) is 19.1 Å². The summed E-state index contributed by atoms with van der Waals surface area (Å²) in [6, 6.07) is 9.63. The molecule has 2 N–H and O–H groups in total. The lowest BCUT2D eigenvalue weighted by Gasteiger charge is -2.13. The summed E-state index contributed by atoms with van der Waals surface area (Å²) < 4.78 is 0. The Labute approximate surface area is 147 Å². The second-order valence-corrected chi connectivity index (χ2v) is 6.76. The van der Waals surface area contributed by atoms with Crippen molar-refractivity contribution in [1.82, 2.24) is 5.32 Å². The van der Waals surface area contributed by atoms with Crippen molar-refractivity contribution in [2.75, 3.05) is 5.32 Å². The van der Waals surface area contributed by atoms with E-state index in [2.05, 4.69) is 22.1 Å². The number of benzene rings is 1.